The van der Waals surface area contributed by atoms with E-state index in [0.29, 0.717) is 0 Å². The average molecular weight is 268 g/mol. The lowest BCUT2D eigenvalue weighted by Crippen LogP contribution is -2.10. The van der Waals surface area contributed by atoms with Gasteiger partial charge < -0.3 is 20.4 Å². The summed E-state index contributed by atoms with van der Waals surface area (Å²) in [6.45, 7) is 1.36. The zero-order valence-corrected chi connectivity index (χ0v) is 9.90. The van der Waals surface area contributed by atoms with Gasteiger partial charge in [0.15, 0.2) is 0 Å². The standard InChI is InChI=1S/C7H6O3.C5H6O4/c8-6-3-1-5(2-4-6)7(9)10;1-2-3(4(6)7)5(8)9/h1-4,8H,(H,9,10);2H,1H3,(H,6,7)(H,8,9). The number of aliphatic carboxylic acids is 2. The smallest absolute Gasteiger partial charge is 0.342 e. The molecule has 0 amide bonds. The van der Waals surface area contributed by atoms with Crippen molar-refractivity contribution in [2.75, 3.05) is 0 Å². The van der Waals surface area contributed by atoms with Crippen molar-refractivity contribution in [3.8, 4) is 5.75 Å². The number of phenols is 1. The van der Waals surface area contributed by atoms with E-state index in [0.717, 1.165) is 6.08 Å². The fraction of sp³-hybridized carbons (Fsp3) is 0.0833. The highest BCUT2D eigenvalue weighted by Crippen LogP contribution is 2.08. The molecule has 0 saturated carbocycles. The molecule has 1 aromatic rings. The number of benzene rings is 1. The van der Waals surface area contributed by atoms with Crippen molar-refractivity contribution >= 4 is 17.9 Å². The lowest BCUT2D eigenvalue weighted by Gasteiger charge is -1.92. The minimum absolute atomic E-state index is 0.0741. The van der Waals surface area contributed by atoms with E-state index in [4.69, 9.17) is 20.4 Å². The van der Waals surface area contributed by atoms with E-state index in [9.17, 15) is 14.4 Å². The minimum atomic E-state index is -1.41. The zero-order chi connectivity index (χ0) is 15.0. The second-order valence-corrected chi connectivity index (χ2v) is 3.16. The van der Waals surface area contributed by atoms with Gasteiger partial charge in [-0.25, -0.2) is 14.4 Å². The maximum absolute atomic E-state index is 10.2. The molecule has 0 radical (unpaired) electrons. The van der Waals surface area contributed by atoms with Crippen LogP contribution in [0.2, 0.25) is 0 Å². The minimum Gasteiger partial charge on any atom is -0.508 e. The molecule has 0 aliphatic rings. The number of hydrogen-bond donors (Lipinski definition) is 4. The molecule has 19 heavy (non-hydrogen) atoms. The SMILES string of the molecule is CC=C(C(=O)O)C(=O)O.O=C(O)c1ccc(O)cc1. The summed E-state index contributed by atoms with van der Waals surface area (Å²) in [5.74, 6) is -3.74. The maximum atomic E-state index is 10.2. The third-order valence-corrected chi connectivity index (χ3v) is 1.86. The predicted octanol–water partition coefficient (Wildman–Crippen LogP) is 1.19. The van der Waals surface area contributed by atoms with Crippen LogP contribution < -0.4 is 0 Å². The highest BCUT2D eigenvalue weighted by molar-refractivity contribution is 6.12. The van der Waals surface area contributed by atoms with Crippen molar-refractivity contribution in [1.82, 2.24) is 0 Å². The van der Waals surface area contributed by atoms with E-state index >= 15 is 0 Å². The Bertz CT molecular complexity index is 483. The van der Waals surface area contributed by atoms with Crippen LogP contribution in [0.5, 0.6) is 5.75 Å². The molecule has 7 nitrogen and oxygen atoms in total. The summed E-state index contributed by atoms with van der Waals surface area (Å²) in [5, 5.41) is 33.3. The Morgan fingerprint density at radius 2 is 1.37 bits per heavy atom. The highest BCUT2D eigenvalue weighted by atomic mass is 16.4. The molecule has 0 saturated heterocycles. The zero-order valence-electron chi connectivity index (χ0n) is 9.90. The molecule has 1 aromatic carbocycles. The Balaban J connectivity index is 0.000000344. The third kappa shape index (κ3) is 5.87. The van der Waals surface area contributed by atoms with Gasteiger partial charge in [-0.1, -0.05) is 6.08 Å². The largest absolute Gasteiger partial charge is 0.508 e. The van der Waals surface area contributed by atoms with E-state index in [1.807, 2.05) is 0 Å². The van der Waals surface area contributed by atoms with Crippen molar-refractivity contribution in [2.45, 2.75) is 6.92 Å². The van der Waals surface area contributed by atoms with Crippen LogP contribution >= 0.6 is 0 Å². The predicted molar refractivity (Wildman–Crippen MR) is 64.1 cm³/mol. The number of aromatic hydroxyl groups is 1. The summed E-state index contributed by atoms with van der Waals surface area (Å²) in [7, 11) is 0. The number of carboxylic acids is 3. The number of allylic oxidation sites excluding steroid dienone is 1. The van der Waals surface area contributed by atoms with Gasteiger partial charge in [-0.2, -0.15) is 0 Å². The van der Waals surface area contributed by atoms with Crippen LogP contribution in [0, 0.1) is 0 Å². The second kappa shape index (κ2) is 7.49. The average Bonchev–Trinajstić information content (AvgIpc) is 2.30. The summed E-state index contributed by atoms with van der Waals surface area (Å²) in [5.41, 5.74) is -0.423. The molecule has 0 spiro atoms. The Labute approximate surface area is 108 Å². The summed E-state index contributed by atoms with van der Waals surface area (Å²) in [6, 6.07) is 5.36. The molecule has 0 heterocycles. The van der Waals surface area contributed by atoms with Gasteiger partial charge in [0.1, 0.15) is 11.3 Å². The van der Waals surface area contributed by atoms with E-state index in [-0.39, 0.29) is 11.3 Å². The molecule has 0 aliphatic heterocycles. The van der Waals surface area contributed by atoms with Crippen LogP contribution in [0.1, 0.15) is 17.3 Å². The van der Waals surface area contributed by atoms with Crippen LogP contribution in [0.3, 0.4) is 0 Å². The molecule has 0 aliphatic carbocycles. The lowest BCUT2D eigenvalue weighted by molar-refractivity contribution is -0.140. The number of aromatic carboxylic acids is 1. The molecule has 0 atom stereocenters. The molecule has 102 valence electrons. The Morgan fingerprint density at radius 1 is 0.947 bits per heavy atom. The first-order chi connectivity index (χ1) is 8.79. The molecule has 4 N–H and O–H groups in total. The Hall–Kier alpha value is -2.83. The Kier molecular flexibility index (Phi) is 6.37. The fourth-order valence-corrected chi connectivity index (χ4v) is 0.942. The van der Waals surface area contributed by atoms with Gasteiger partial charge in [0.25, 0.3) is 0 Å². The van der Waals surface area contributed by atoms with Crippen molar-refractivity contribution in [2.24, 2.45) is 0 Å². The number of rotatable bonds is 3. The Morgan fingerprint density at radius 3 is 1.58 bits per heavy atom. The van der Waals surface area contributed by atoms with E-state index in [1.54, 1.807) is 0 Å². The normalized spacial score (nSPS) is 8.68. The molecule has 0 fully saturated rings. The van der Waals surface area contributed by atoms with Gasteiger partial charge in [-0.05, 0) is 31.2 Å². The number of phenolic OH excluding ortho intramolecular Hbond substituents is 1. The van der Waals surface area contributed by atoms with Gasteiger partial charge >= 0.3 is 17.9 Å². The highest BCUT2D eigenvalue weighted by Gasteiger charge is 2.12. The van der Waals surface area contributed by atoms with Crippen LogP contribution in [0.4, 0.5) is 0 Å². The molecule has 0 bridgehead atoms. The molecule has 0 aromatic heterocycles. The quantitative estimate of drug-likeness (QED) is 0.367. The lowest BCUT2D eigenvalue weighted by atomic mass is 10.2. The second-order valence-electron chi connectivity index (χ2n) is 3.16. The van der Waals surface area contributed by atoms with Gasteiger partial charge in [0, 0.05) is 0 Å². The number of carbonyl (C=O) groups is 3. The number of hydrogen-bond acceptors (Lipinski definition) is 4. The van der Waals surface area contributed by atoms with E-state index in [1.165, 1.54) is 31.2 Å². The van der Waals surface area contributed by atoms with Gasteiger partial charge in [0.05, 0.1) is 5.56 Å². The van der Waals surface area contributed by atoms with Crippen LogP contribution in [0.15, 0.2) is 35.9 Å². The molecule has 1 rings (SSSR count). The summed E-state index contributed by atoms with van der Waals surface area (Å²) >= 11 is 0. The topological polar surface area (TPSA) is 132 Å². The van der Waals surface area contributed by atoms with Gasteiger partial charge in [0.2, 0.25) is 0 Å². The van der Waals surface area contributed by atoms with Crippen LogP contribution in [-0.2, 0) is 9.59 Å². The third-order valence-electron chi connectivity index (χ3n) is 1.86. The van der Waals surface area contributed by atoms with E-state index in [2.05, 4.69) is 0 Å². The first-order valence-electron chi connectivity index (χ1n) is 4.94. The molecular weight excluding hydrogens is 256 g/mol. The summed E-state index contributed by atoms with van der Waals surface area (Å²) < 4.78 is 0. The van der Waals surface area contributed by atoms with Crippen molar-refractivity contribution in [3.05, 3.63) is 41.5 Å². The molecular formula is C12H12O7. The van der Waals surface area contributed by atoms with Crippen molar-refractivity contribution in [3.63, 3.8) is 0 Å². The van der Waals surface area contributed by atoms with Gasteiger partial charge in [-0.3, -0.25) is 0 Å². The molecule has 0 unspecified atom stereocenters. The summed E-state index contributed by atoms with van der Waals surface area (Å²) in [6.07, 6.45) is 1.03. The van der Waals surface area contributed by atoms with Crippen molar-refractivity contribution in [1.29, 1.82) is 0 Å². The molecule has 7 heteroatoms. The number of carboxylic acid groups (broad SMARTS) is 3. The van der Waals surface area contributed by atoms with Crippen molar-refractivity contribution < 1.29 is 34.8 Å². The van der Waals surface area contributed by atoms with Gasteiger partial charge in [-0.15, -0.1) is 0 Å². The van der Waals surface area contributed by atoms with Crippen LogP contribution in [-0.4, -0.2) is 38.3 Å². The fourth-order valence-electron chi connectivity index (χ4n) is 0.942. The summed E-state index contributed by atoms with van der Waals surface area (Å²) in [4.78, 5) is 30.1. The first kappa shape index (κ1) is 16.2. The van der Waals surface area contributed by atoms with E-state index < -0.39 is 23.5 Å². The maximum Gasteiger partial charge on any atom is 0.342 e. The monoisotopic (exact) mass is 268 g/mol. The first-order valence-corrected chi connectivity index (χ1v) is 4.94. The van der Waals surface area contributed by atoms with Crippen LogP contribution in [0.25, 0.3) is 0 Å².